The van der Waals surface area contributed by atoms with Gasteiger partial charge in [-0.1, -0.05) is 30.3 Å². The van der Waals surface area contributed by atoms with Crippen molar-refractivity contribution in [2.24, 2.45) is 0 Å². The summed E-state index contributed by atoms with van der Waals surface area (Å²) in [5.74, 6) is -1.18. The number of aromatic nitrogens is 1. The van der Waals surface area contributed by atoms with E-state index in [-0.39, 0.29) is 11.3 Å². The average molecular weight is 333 g/mol. The molecule has 0 aliphatic rings. The van der Waals surface area contributed by atoms with E-state index in [0.717, 1.165) is 23.0 Å². The number of nitriles is 1. The molecule has 3 rings (SSSR count). The standard InChI is InChI=1S/C20H16FN3O/c1-2-24-13-15(16-7-3-6-10-19(16)24)11-14(12-22)20(25)23-18-9-5-4-8-17(18)21/h3-11,13H,2H2,1H3,(H,23,25)/b14-11-. The van der Waals surface area contributed by atoms with Crippen LogP contribution in [-0.4, -0.2) is 10.5 Å². The van der Waals surface area contributed by atoms with Gasteiger partial charge in [-0.25, -0.2) is 4.39 Å². The van der Waals surface area contributed by atoms with Crippen molar-refractivity contribution in [3.63, 3.8) is 0 Å². The number of carbonyl (C=O) groups excluding carboxylic acids is 1. The first-order chi connectivity index (χ1) is 12.1. The van der Waals surface area contributed by atoms with E-state index in [9.17, 15) is 14.4 Å². The van der Waals surface area contributed by atoms with E-state index in [1.165, 1.54) is 24.3 Å². The number of fused-ring (bicyclic) bond motifs is 1. The molecule has 0 aliphatic heterocycles. The van der Waals surface area contributed by atoms with Crippen LogP contribution in [-0.2, 0) is 11.3 Å². The summed E-state index contributed by atoms with van der Waals surface area (Å²) in [6, 6.07) is 15.5. The SMILES string of the molecule is CCn1cc(/C=C(/C#N)C(=O)Nc2ccccc2F)c2ccccc21. The van der Waals surface area contributed by atoms with Gasteiger partial charge in [0.05, 0.1) is 5.69 Å². The summed E-state index contributed by atoms with van der Waals surface area (Å²) in [5.41, 5.74) is 1.77. The van der Waals surface area contributed by atoms with Crippen molar-refractivity contribution in [2.45, 2.75) is 13.5 Å². The molecule has 1 N–H and O–H groups in total. The number of carbonyl (C=O) groups is 1. The fourth-order valence-corrected chi connectivity index (χ4v) is 2.71. The predicted octanol–water partition coefficient (Wildman–Crippen LogP) is 4.35. The molecule has 4 nitrogen and oxygen atoms in total. The van der Waals surface area contributed by atoms with Gasteiger partial charge in [0, 0.05) is 29.2 Å². The molecule has 0 unspecified atom stereocenters. The molecule has 0 saturated heterocycles. The Bertz CT molecular complexity index is 1010. The summed E-state index contributed by atoms with van der Waals surface area (Å²) < 4.78 is 15.7. The van der Waals surface area contributed by atoms with E-state index in [0.29, 0.717) is 0 Å². The number of nitrogens with one attached hydrogen (secondary N) is 1. The lowest BCUT2D eigenvalue weighted by Gasteiger charge is -2.05. The fourth-order valence-electron chi connectivity index (χ4n) is 2.71. The van der Waals surface area contributed by atoms with Crippen LogP contribution in [0.25, 0.3) is 17.0 Å². The second-order valence-electron chi connectivity index (χ2n) is 5.49. The Hall–Kier alpha value is -3.39. The normalized spacial score (nSPS) is 11.3. The average Bonchev–Trinajstić information content (AvgIpc) is 2.99. The van der Waals surface area contributed by atoms with Crippen molar-refractivity contribution in [1.29, 1.82) is 5.26 Å². The first kappa shape index (κ1) is 16.5. The van der Waals surface area contributed by atoms with Crippen molar-refractivity contribution in [1.82, 2.24) is 4.57 Å². The number of para-hydroxylation sites is 2. The van der Waals surface area contributed by atoms with Crippen LogP contribution in [0.15, 0.2) is 60.3 Å². The van der Waals surface area contributed by atoms with Crippen LogP contribution >= 0.6 is 0 Å². The minimum absolute atomic E-state index is 0.0460. The van der Waals surface area contributed by atoms with Gasteiger partial charge in [-0.15, -0.1) is 0 Å². The summed E-state index contributed by atoms with van der Waals surface area (Å²) in [5, 5.41) is 12.8. The van der Waals surface area contributed by atoms with E-state index >= 15 is 0 Å². The van der Waals surface area contributed by atoms with Crippen LogP contribution in [0.5, 0.6) is 0 Å². The number of amides is 1. The fraction of sp³-hybridized carbons (Fsp3) is 0.100. The van der Waals surface area contributed by atoms with Crippen LogP contribution in [0, 0.1) is 17.1 Å². The molecule has 0 bridgehead atoms. The summed E-state index contributed by atoms with van der Waals surface area (Å²) in [7, 11) is 0. The van der Waals surface area contributed by atoms with Crippen LogP contribution in [0.3, 0.4) is 0 Å². The maximum atomic E-state index is 13.7. The first-order valence-electron chi connectivity index (χ1n) is 7.89. The van der Waals surface area contributed by atoms with Crippen LogP contribution in [0.2, 0.25) is 0 Å². The van der Waals surface area contributed by atoms with E-state index in [2.05, 4.69) is 5.32 Å². The van der Waals surface area contributed by atoms with Crippen LogP contribution in [0.4, 0.5) is 10.1 Å². The Kier molecular flexibility index (Phi) is 4.62. The molecule has 1 amide bonds. The van der Waals surface area contributed by atoms with Crippen LogP contribution in [0.1, 0.15) is 12.5 Å². The molecule has 5 heteroatoms. The molecular weight excluding hydrogens is 317 g/mol. The highest BCUT2D eigenvalue weighted by Crippen LogP contribution is 2.24. The second kappa shape index (κ2) is 7.02. The lowest BCUT2D eigenvalue weighted by atomic mass is 10.1. The second-order valence-corrected chi connectivity index (χ2v) is 5.49. The van der Waals surface area contributed by atoms with Crippen molar-refractivity contribution >= 4 is 28.6 Å². The number of aryl methyl sites for hydroxylation is 1. The Morgan fingerprint density at radius 3 is 2.68 bits per heavy atom. The third-order valence-corrected chi connectivity index (χ3v) is 3.95. The molecule has 0 atom stereocenters. The molecular formula is C20H16FN3O. The molecule has 0 radical (unpaired) electrons. The molecule has 2 aromatic carbocycles. The number of hydrogen-bond acceptors (Lipinski definition) is 2. The highest BCUT2D eigenvalue weighted by molar-refractivity contribution is 6.10. The number of hydrogen-bond donors (Lipinski definition) is 1. The van der Waals surface area contributed by atoms with Gasteiger partial charge in [-0.3, -0.25) is 4.79 Å². The molecule has 25 heavy (non-hydrogen) atoms. The van der Waals surface area contributed by atoms with Gasteiger partial charge in [0.2, 0.25) is 0 Å². The van der Waals surface area contributed by atoms with Gasteiger partial charge in [0.25, 0.3) is 5.91 Å². The van der Waals surface area contributed by atoms with Gasteiger partial charge >= 0.3 is 0 Å². The zero-order chi connectivity index (χ0) is 17.8. The molecule has 0 fully saturated rings. The van der Waals surface area contributed by atoms with Crippen molar-refractivity contribution < 1.29 is 9.18 Å². The maximum absolute atomic E-state index is 13.7. The van der Waals surface area contributed by atoms with Crippen molar-refractivity contribution in [3.05, 3.63) is 71.7 Å². The van der Waals surface area contributed by atoms with E-state index < -0.39 is 11.7 Å². The molecule has 124 valence electrons. The van der Waals surface area contributed by atoms with Gasteiger partial charge in [-0.2, -0.15) is 5.26 Å². The Morgan fingerprint density at radius 1 is 1.24 bits per heavy atom. The van der Waals surface area contributed by atoms with Gasteiger partial charge in [0.1, 0.15) is 17.5 Å². The number of anilines is 1. The molecule has 0 saturated carbocycles. The lowest BCUT2D eigenvalue weighted by molar-refractivity contribution is -0.112. The predicted molar refractivity (Wildman–Crippen MR) is 96.2 cm³/mol. The molecule has 0 aliphatic carbocycles. The van der Waals surface area contributed by atoms with E-state index in [4.69, 9.17) is 0 Å². The zero-order valence-electron chi connectivity index (χ0n) is 13.7. The monoisotopic (exact) mass is 333 g/mol. The summed E-state index contributed by atoms with van der Waals surface area (Å²) in [6.45, 7) is 2.80. The minimum Gasteiger partial charge on any atom is -0.347 e. The molecule has 0 spiro atoms. The zero-order valence-corrected chi connectivity index (χ0v) is 13.7. The highest BCUT2D eigenvalue weighted by atomic mass is 19.1. The highest BCUT2D eigenvalue weighted by Gasteiger charge is 2.13. The van der Waals surface area contributed by atoms with Gasteiger partial charge in [0.15, 0.2) is 0 Å². The largest absolute Gasteiger partial charge is 0.347 e. The number of nitrogens with zero attached hydrogens (tertiary/aromatic N) is 2. The summed E-state index contributed by atoms with van der Waals surface area (Å²) in [6.07, 6.45) is 3.43. The molecule has 1 aromatic heterocycles. The third kappa shape index (κ3) is 3.29. The molecule has 1 heterocycles. The van der Waals surface area contributed by atoms with Gasteiger partial charge in [-0.05, 0) is 31.2 Å². The topological polar surface area (TPSA) is 57.8 Å². The van der Waals surface area contributed by atoms with Gasteiger partial charge < -0.3 is 9.88 Å². The number of rotatable bonds is 4. The van der Waals surface area contributed by atoms with Crippen molar-refractivity contribution in [2.75, 3.05) is 5.32 Å². The smallest absolute Gasteiger partial charge is 0.266 e. The maximum Gasteiger partial charge on any atom is 0.266 e. The Balaban J connectivity index is 1.97. The summed E-state index contributed by atoms with van der Waals surface area (Å²) >= 11 is 0. The molecule has 3 aromatic rings. The first-order valence-corrected chi connectivity index (χ1v) is 7.89. The Morgan fingerprint density at radius 2 is 1.96 bits per heavy atom. The van der Waals surface area contributed by atoms with E-state index in [1.54, 1.807) is 6.07 Å². The third-order valence-electron chi connectivity index (χ3n) is 3.95. The Labute approximate surface area is 144 Å². The van der Waals surface area contributed by atoms with Crippen molar-refractivity contribution in [3.8, 4) is 6.07 Å². The van der Waals surface area contributed by atoms with E-state index in [1.807, 2.05) is 48.0 Å². The quantitative estimate of drug-likeness (QED) is 0.570. The number of halogens is 1. The summed E-state index contributed by atoms with van der Waals surface area (Å²) in [4.78, 5) is 12.3. The number of benzene rings is 2. The minimum atomic E-state index is -0.638. The lowest BCUT2D eigenvalue weighted by Crippen LogP contribution is -2.14. The van der Waals surface area contributed by atoms with Crippen LogP contribution < -0.4 is 5.32 Å².